The predicted molar refractivity (Wildman–Crippen MR) is 71.8 cm³/mol. The van der Waals surface area contributed by atoms with E-state index in [1.807, 2.05) is 12.1 Å². The fraction of sp³-hybridized carbons (Fsp3) is 0.333. The number of carbonyl (C=O) groups excluding carboxylic acids is 2. The summed E-state index contributed by atoms with van der Waals surface area (Å²) in [5.41, 5.74) is 0. The van der Waals surface area contributed by atoms with Gasteiger partial charge in [-0.3, -0.25) is 9.59 Å². The zero-order valence-electron chi connectivity index (χ0n) is 9.94. The molecule has 0 atom stereocenters. The molecule has 0 aliphatic heterocycles. The standard InChI is InChI=1S/C12H14ClNO3S/c1-17-12(16)6-7-14-11(15)8-18-10-4-2-9(13)3-5-10/h2-5H,6-8H2,1H3,(H,14,15). The Morgan fingerprint density at radius 1 is 1.33 bits per heavy atom. The number of benzene rings is 1. The highest BCUT2D eigenvalue weighted by Crippen LogP contribution is 2.19. The Kier molecular flexibility index (Phi) is 6.60. The molecule has 0 aliphatic carbocycles. The summed E-state index contributed by atoms with van der Waals surface area (Å²) in [5.74, 6) is -0.137. The van der Waals surface area contributed by atoms with Gasteiger partial charge in [0.1, 0.15) is 0 Å². The molecule has 1 aromatic rings. The molecule has 6 heteroatoms. The summed E-state index contributed by atoms with van der Waals surface area (Å²) in [6.07, 6.45) is 0.188. The molecule has 1 amide bonds. The summed E-state index contributed by atoms with van der Waals surface area (Å²) < 4.78 is 4.46. The molecule has 98 valence electrons. The summed E-state index contributed by atoms with van der Waals surface area (Å²) >= 11 is 7.17. The van der Waals surface area contributed by atoms with Crippen LogP contribution in [0.3, 0.4) is 0 Å². The van der Waals surface area contributed by atoms with Crippen LogP contribution >= 0.6 is 23.4 Å². The fourth-order valence-corrected chi connectivity index (χ4v) is 1.99. The maximum Gasteiger partial charge on any atom is 0.307 e. The Balaban J connectivity index is 2.21. The van der Waals surface area contributed by atoms with Crippen molar-refractivity contribution < 1.29 is 14.3 Å². The van der Waals surface area contributed by atoms with E-state index in [-0.39, 0.29) is 18.3 Å². The highest BCUT2D eigenvalue weighted by atomic mass is 35.5. The van der Waals surface area contributed by atoms with Crippen LogP contribution in [0.15, 0.2) is 29.2 Å². The van der Waals surface area contributed by atoms with Crippen molar-refractivity contribution in [2.75, 3.05) is 19.4 Å². The molecule has 0 spiro atoms. The molecule has 18 heavy (non-hydrogen) atoms. The smallest absolute Gasteiger partial charge is 0.307 e. The lowest BCUT2D eigenvalue weighted by Crippen LogP contribution is -2.27. The van der Waals surface area contributed by atoms with Gasteiger partial charge in [-0.1, -0.05) is 11.6 Å². The lowest BCUT2D eigenvalue weighted by atomic mass is 10.4. The number of amides is 1. The molecule has 4 nitrogen and oxygen atoms in total. The second-order valence-electron chi connectivity index (χ2n) is 3.42. The van der Waals surface area contributed by atoms with Crippen LogP contribution in [0.25, 0.3) is 0 Å². The van der Waals surface area contributed by atoms with Gasteiger partial charge in [0, 0.05) is 16.5 Å². The molecule has 0 saturated heterocycles. The fourth-order valence-electron chi connectivity index (χ4n) is 1.14. The lowest BCUT2D eigenvalue weighted by molar-refractivity contribution is -0.140. The van der Waals surface area contributed by atoms with Gasteiger partial charge in [0.05, 0.1) is 19.3 Å². The third kappa shape index (κ3) is 5.93. The number of esters is 1. The number of thioether (sulfide) groups is 1. The van der Waals surface area contributed by atoms with Crippen molar-refractivity contribution in [3.8, 4) is 0 Å². The molecule has 1 aromatic carbocycles. The number of ether oxygens (including phenoxy) is 1. The van der Waals surface area contributed by atoms with Crippen molar-refractivity contribution in [2.24, 2.45) is 0 Å². The third-order valence-corrected chi connectivity index (χ3v) is 3.33. The van der Waals surface area contributed by atoms with Crippen LogP contribution < -0.4 is 5.32 Å². The number of halogens is 1. The van der Waals surface area contributed by atoms with E-state index in [0.29, 0.717) is 17.3 Å². The Hall–Kier alpha value is -1.20. The minimum absolute atomic E-state index is 0.112. The number of rotatable bonds is 6. The maximum atomic E-state index is 11.4. The van der Waals surface area contributed by atoms with Gasteiger partial charge in [0.2, 0.25) is 5.91 Å². The molecule has 1 rings (SSSR count). The van der Waals surface area contributed by atoms with E-state index in [9.17, 15) is 9.59 Å². The van der Waals surface area contributed by atoms with Gasteiger partial charge < -0.3 is 10.1 Å². The average Bonchev–Trinajstić information content (AvgIpc) is 2.38. The Bertz CT molecular complexity index is 408. The van der Waals surface area contributed by atoms with E-state index in [0.717, 1.165) is 4.90 Å². The first-order chi connectivity index (χ1) is 8.61. The molecule has 0 aliphatic rings. The van der Waals surface area contributed by atoms with E-state index in [2.05, 4.69) is 10.1 Å². The highest BCUT2D eigenvalue weighted by molar-refractivity contribution is 8.00. The van der Waals surface area contributed by atoms with Gasteiger partial charge in [-0.05, 0) is 24.3 Å². The molecular formula is C12H14ClNO3S. The van der Waals surface area contributed by atoms with Crippen LogP contribution in [0.4, 0.5) is 0 Å². The molecule has 1 N–H and O–H groups in total. The molecule has 0 bridgehead atoms. The van der Waals surface area contributed by atoms with Crippen molar-refractivity contribution in [1.82, 2.24) is 5.32 Å². The van der Waals surface area contributed by atoms with E-state index < -0.39 is 0 Å². The minimum Gasteiger partial charge on any atom is -0.469 e. The second-order valence-corrected chi connectivity index (χ2v) is 4.90. The number of methoxy groups -OCH3 is 1. The molecule has 0 heterocycles. The van der Waals surface area contributed by atoms with Crippen molar-refractivity contribution in [3.05, 3.63) is 29.3 Å². The summed E-state index contributed by atoms with van der Waals surface area (Å²) in [6, 6.07) is 7.27. The summed E-state index contributed by atoms with van der Waals surface area (Å²) in [6.45, 7) is 0.298. The van der Waals surface area contributed by atoms with Crippen molar-refractivity contribution in [2.45, 2.75) is 11.3 Å². The van der Waals surface area contributed by atoms with E-state index >= 15 is 0 Å². The monoisotopic (exact) mass is 287 g/mol. The van der Waals surface area contributed by atoms with Crippen molar-refractivity contribution in [3.63, 3.8) is 0 Å². The number of hydrogen-bond acceptors (Lipinski definition) is 4. The highest BCUT2D eigenvalue weighted by Gasteiger charge is 2.04. The maximum absolute atomic E-state index is 11.4. The Labute approximate surface area is 115 Å². The zero-order chi connectivity index (χ0) is 13.4. The molecule has 0 fully saturated rings. The number of carbonyl (C=O) groups is 2. The summed E-state index contributed by atoms with van der Waals surface area (Å²) in [7, 11) is 1.32. The molecule has 0 aromatic heterocycles. The first-order valence-corrected chi connectivity index (χ1v) is 6.70. The summed E-state index contributed by atoms with van der Waals surface area (Å²) in [4.78, 5) is 23.2. The van der Waals surface area contributed by atoms with Gasteiger partial charge >= 0.3 is 5.97 Å². The average molecular weight is 288 g/mol. The number of hydrogen-bond donors (Lipinski definition) is 1. The van der Waals surface area contributed by atoms with Gasteiger partial charge in [-0.2, -0.15) is 0 Å². The first kappa shape index (κ1) is 14.9. The van der Waals surface area contributed by atoms with E-state index in [1.54, 1.807) is 12.1 Å². The number of nitrogens with one attached hydrogen (secondary N) is 1. The summed E-state index contributed by atoms with van der Waals surface area (Å²) in [5, 5.41) is 3.31. The van der Waals surface area contributed by atoms with E-state index in [4.69, 9.17) is 11.6 Å². The van der Waals surface area contributed by atoms with E-state index in [1.165, 1.54) is 18.9 Å². The quantitative estimate of drug-likeness (QED) is 0.643. The molecule has 0 radical (unpaired) electrons. The lowest BCUT2D eigenvalue weighted by Gasteiger charge is -2.04. The van der Waals surface area contributed by atoms with Crippen molar-refractivity contribution in [1.29, 1.82) is 0 Å². The van der Waals surface area contributed by atoms with Crippen LogP contribution in [0.2, 0.25) is 5.02 Å². The van der Waals surface area contributed by atoms with Gasteiger partial charge in [-0.15, -0.1) is 11.8 Å². The van der Waals surface area contributed by atoms with Crippen molar-refractivity contribution >= 4 is 35.2 Å². The second kappa shape index (κ2) is 8.00. The first-order valence-electron chi connectivity index (χ1n) is 5.33. The Morgan fingerprint density at radius 2 is 2.00 bits per heavy atom. The predicted octanol–water partition coefficient (Wildman–Crippen LogP) is 2.11. The largest absolute Gasteiger partial charge is 0.469 e. The van der Waals surface area contributed by atoms with Crippen LogP contribution in [0.5, 0.6) is 0 Å². The van der Waals surface area contributed by atoms with Crippen LogP contribution in [-0.4, -0.2) is 31.3 Å². The zero-order valence-corrected chi connectivity index (χ0v) is 11.5. The normalized spacial score (nSPS) is 9.89. The van der Waals surface area contributed by atoms with Crippen LogP contribution in [0.1, 0.15) is 6.42 Å². The van der Waals surface area contributed by atoms with Crippen LogP contribution in [-0.2, 0) is 14.3 Å². The van der Waals surface area contributed by atoms with Crippen LogP contribution in [0, 0.1) is 0 Å². The van der Waals surface area contributed by atoms with Gasteiger partial charge in [0.25, 0.3) is 0 Å². The third-order valence-electron chi connectivity index (χ3n) is 2.06. The van der Waals surface area contributed by atoms with Gasteiger partial charge in [-0.25, -0.2) is 0 Å². The minimum atomic E-state index is -0.333. The SMILES string of the molecule is COC(=O)CCNC(=O)CSc1ccc(Cl)cc1. The topological polar surface area (TPSA) is 55.4 Å². The molecular weight excluding hydrogens is 274 g/mol. The van der Waals surface area contributed by atoms with Gasteiger partial charge in [0.15, 0.2) is 0 Å². The Morgan fingerprint density at radius 3 is 2.61 bits per heavy atom. The molecule has 0 unspecified atom stereocenters. The molecule has 0 saturated carbocycles.